The van der Waals surface area contributed by atoms with Crippen LogP contribution in [0, 0.1) is 0 Å². The van der Waals surface area contributed by atoms with Crippen molar-refractivity contribution in [2.24, 2.45) is 0 Å². The van der Waals surface area contributed by atoms with Gasteiger partial charge in [-0.2, -0.15) is 0 Å². The molecule has 21 heavy (non-hydrogen) atoms. The van der Waals surface area contributed by atoms with E-state index in [9.17, 15) is 4.79 Å². The van der Waals surface area contributed by atoms with E-state index < -0.39 is 5.97 Å². The second kappa shape index (κ2) is 6.01. The van der Waals surface area contributed by atoms with Crippen molar-refractivity contribution in [1.29, 1.82) is 0 Å². The van der Waals surface area contributed by atoms with Crippen LogP contribution in [0.5, 0.6) is 0 Å². The van der Waals surface area contributed by atoms with Gasteiger partial charge in [-0.15, -0.1) is 5.10 Å². The van der Waals surface area contributed by atoms with Crippen LogP contribution in [0.25, 0.3) is 0 Å². The largest absolute Gasteiger partial charge is 0.461 e. The zero-order chi connectivity index (χ0) is 15.6. The summed E-state index contributed by atoms with van der Waals surface area (Å²) in [6, 6.07) is 3.66. The molecule has 0 spiro atoms. The van der Waals surface area contributed by atoms with Crippen molar-refractivity contribution < 1.29 is 13.9 Å². The van der Waals surface area contributed by atoms with Crippen LogP contribution in [0.4, 0.5) is 0 Å². The molecule has 0 aliphatic carbocycles. The lowest BCUT2D eigenvalue weighted by Gasteiger charge is -2.20. The van der Waals surface area contributed by atoms with Gasteiger partial charge in [-0.25, -0.2) is 9.48 Å². The Hall–Kier alpha value is -1.63. The molecule has 2 heterocycles. The minimum atomic E-state index is -0.450. The lowest BCUT2D eigenvalue weighted by atomic mass is 9.90. The van der Waals surface area contributed by atoms with Gasteiger partial charge in [0.05, 0.1) is 12.3 Å². The summed E-state index contributed by atoms with van der Waals surface area (Å²) in [5.41, 5.74) is 0.693. The highest BCUT2D eigenvalue weighted by atomic mass is 79.9. The molecule has 114 valence electrons. The van der Waals surface area contributed by atoms with Crippen LogP contribution in [0.1, 0.15) is 49.6 Å². The van der Waals surface area contributed by atoms with Gasteiger partial charge < -0.3 is 9.15 Å². The fourth-order valence-corrected chi connectivity index (χ4v) is 2.43. The van der Waals surface area contributed by atoms with Gasteiger partial charge in [0, 0.05) is 5.41 Å². The summed E-state index contributed by atoms with van der Waals surface area (Å²) >= 11 is 3.27. The topological polar surface area (TPSA) is 70.2 Å². The van der Waals surface area contributed by atoms with Gasteiger partial charge in [-0.1, -0.05) is 26.0 Å². The highest BCUT2D eigenvalue weighted by molar-refractivity contribution is 9.10. The number of nitrogens with zero attached hydrogens (tertiary/aromatic N) is 3. The summed E-state index contributed by atoms with van der Waals surface area (Å²) in [6.45, 7) is 8.49. The Balaban J connectivity index is 2.39. The first kappa shape index (κ1) is 15.8. The molecule has 0 aliphatic rings. The predicted molar refractivity (Wildman–Crippen MR) is 80.2 cm³/mol. The summed E-state index contributed by atoms with van der Waals surface area (Å²) in [5, 5.41) is 8.07. The molecule has 2 aromatic rings. The van der Waals surface area contributed by atoms with E-state index in [1.165, 1.54) is 0 Å². The number of furan rings is 1. The second-order valence-electron chi connectivity index (χ2n) is 5.62. The normalized spacial score (nSPS) is 11.7. The molecule has 0 fully saturated rings. The fraction of sp³-hybridized carbons (Fsp3) is 0.500. The summed E-state index contributed by atoms with van der Waals surface area (Å²) in [4.78, 5) is 12.0. The van der Waals surface area contributed by atoms with Gasteiger partial charge >= 0.3 is 5.97 Å². The number of ether oxygens (including phenoxy) is 1. The average Bonchev–Trinajstić information content (AvgIpc) is 2.96. The van der Waals surface area contributed by atoms with E-state index in [2.05, 4.69) is 26.2 Å². The van der Waals surface area contributed by atoms with Crippen LogP contribution in [0.2, 0.25) is 0 Å². The molecule has 2 rings (SSSR count). The van der Waals surface area contributed by atoms with Gasteiger partial charge in [0.2, 0.25) is 0 Å². The van der Waals surface area contributed by atoms with Crippen LogP contribution in [-0.4, -0.2) is 27.6 Å². The van der Waals surface area contributed by atoms with Gasteiger partial charge in [0.1, 0.15) is 12.3 Å². The highest BCUT2D eigenvalue weighted by Gasteiger charge is 2.30. The Morgan fingerprint density at radius 1 is 1.43 bits per heavy atom. The molecule has 0 N–H and O–H groups in total. The lowest BCUT2D eigenvalue weighted by Crippen LogP contribution is -2.23. The van der Waals surface area contributed by atoms with E-state index in [1.54, 1.807) is 11.6 Å². The third-order valence-corrected chi connectivity index (χ3v) is 3.27. The predicted octanol–water partition coefficient (Wildman–Crippen LogP) is 3.16. The minimum absolute atomic E-state index is 0.259. The lowest BCUT2D eigenvalue weighted by molar-refractivity contribution is 0.0516. The van der Waals surface area contributed by atoms with Crippen molar-refractivity contribution in [2.45, 2.75) is 39.7 Å². The third-order valence-electron chi connectivity index (χ3n) is 2.85. The average molecular weight is 356 g/mol. The first-order valence-electron chi connectivity index (χ1n) is 6.68. The summed E-state index contributed by atoms with van der Waals surface area (Å²) in [6.07, 6.45) is 0. The van der Waals surface area contributed by atoms with Crippen molar-refractivity contribution in [3.05, 3.63) is 34.0 Å². The van der Waals surface area contributed by atoms with Gasteiger partial charge in [0.15, 0.2) is 10.4 Å². The van der Waals surface area contributed by atoms with Crippen LogP contribution in [-0.2, 0) is 16.7 Å². The maximum Gasteiger partial charge on any atom is 0.360 e. The Morgan fingerprint density at radius 2 is 2.14 bits per heavy atom. The first-order valence-corrected chi connectivity index (χ1v) is 7.47. The molecule has 0 amide bonds. The number of halogens is 1. The Bertz CT molecular complexity index is 640. The molecule has 0 saturated heterocycles. The molecule has 2 aromatic heterocycles. The van der Waals surface area contributed by atoms with Gasteiger partial charge in [-0.05, 0) is 35.0 Å². The Labute approximate surface area is 131 Å². The highest BCUT2D eigenvalue weighted by Crippen LogP contribution is 2.26. The maximum atomic E-state index is 12.0. The number of carbonyl (C=O) groups is 1. The number of hydrogen-bond acceptors (Lipinski definition) is 5. The zero-order valence-corrected chi connectivity index (χ0v) is 14.1. The van der Waals surface area contributed by atoms with Crippen molar-refractivity contribution in [3.63, 3.8) is 0 Å². The SMILES string of the molecule is CCOC(=O)c1nnn(Cc2ccc(Br)o2)c1C(C)(C)C. The molecule has 0 radical (unpaired) electrons. The summed E-state index contributed by atoms with van der Waals surface area (Å²) in [5.74, 6) is 0.280. The van der Waals surface area contributed by atoms with Crippen LogP contribution in [0.3, 0.4) is 0 Å². The molecule has 6 nitrogen and oxygen atoms in total. The Morgan fingerprint density at radius 3 is 2.67 bits per heavy atom. The molecular weight excluding hydrogens is 338 g/mol. The van der Waals surface area contributed by atoms with E-state index in [1.807, 2.05) is 32.9 Å². The van der Waals surface area contributed by atoms with Gasteiger partial charge in [-0.3, -0.25) is 0 Å². The smallest absolute Gasteiger partial charge is 0.360 e. The zero-order valence-electron chi connectivity index (χ0n) is 12.5. The molecule has 0 saturated carbocycles. The monoisotopic (exact) mass is 355 g/mol. The minimum Gasteiger partial charge on any atom is -0.461 e. The van der Waals surface area contributed by atoms with Crippen molar-refractivity contribution >= 4 is 21.9 Å². The Kier molecular flexibility index (Phi) is 4.51. The number of carbonyl (C=O) groups excluding carboxylic acids is 1. The van der Waals surface area contributed by atoms with Crippen LogP contribution < -0.4 is 0 Å². The van der Waals surface area contributed by atoms with Crippen LogP contribution >= 0.6 is 15.9 Å². The van der Waals surface area contributed by atoms with Crippen molar-refractivity contribution in [1.82, 2.24) is 15.0 Å². The van der Waals surface area contributed by atoms with E-state index in [0.717, 1.165) is 11.5 Å². The molecule has 0 aliphatic heterocycles. The second-order valence-corrected chi connectivity index (χ2v) is 6.40. The standard InChI is InChI=1S/C14H18BrN3O3/c1-5-20-13(19)11-12(14(2,3)4)18(17-16-11)8-9-6-7-10(15)21-9/h6-7H,5,8H2,1-4H3. The summed E-state index contributed by atoms with van der Waals surface area (Å²) < 4.78 is 12.9. The number of esters is 1. The molecule has 0 bridgehead atoms. The van der Waals surface area contributed by atoms with Gasteiger partial charge in [0.25, 0.3) is 0 Å². The molecular formula is C14H18BrN3O3. The quantitative estimate of drug-likeness (QED) is 0.787. The van der Waals surface area contributed by atoms with E-state index >= 15 is 0 Å². The van der Waals surface area contributed by atoms with Crippen molar-refractivity contribution in [2.75, 3.05) is 6.61 Å². The number of aromatic nitrogens is 3. The van der Waals surface area contributed by atoms with Crippen LogP contribution in [0.15, 0.2) is 21.2 Å². The fourth-order valence-electron chi connectivity index (χ4n) is 2.09. The van der Waals surface area contributed by atoms with E-state index in [4.69, 9.17) is 9.15 Å². The van der Waals surface area contributed by atoms with E-state index in [-0.39, 0.29) is 11.1 Å². The molecule has 0 unspecified atom stereocenters. The number of hydrogen-bond donors (Lipinski definition) is 0. The summed E-state index contributed by atoms with van der Waals surface area (Å²) in [7, 11) is 0. The van der Waals surface area contributed by atoms with E-state index in [0.29, 0.717) is 17.8 Å². The molecule has 0 aromatic carbocycles. The van der Waals surface area contributed by atoms with Crippen molar-refractivity contribution in [3.8, 4) is 0 Å². The first-order chi connectivity index (χ1) is 9.82. The molecule has 0 atom stereocenters. The molecule has 7 heteroatoms. The third kappa shape index (κ3) is 3.53. The number of rotatable bonds is 4. The maximum absolute atomic E-state index is 12.0.